The van der Waals surface area contributed by atoms with E-state index in [2.05, 4.69) is 17.0 Å². The summed E-state index contributed by atoms with van der Waals surface area (Å²) >= 11 is 0. The highest BCUT2D eigenvalue weighted by Gasteiger charge is 2.29. The summed E-state index contributed by atoms with van der Waals surface area (Å²) < 4.78 is 15.7. The number of nitrogens with zero attached hydrogens (tertiary/aromatic N) is 4. The van der Waals surface area contributed by atoms with Crippen molar-refractivity contribution in [3.05, 3.63) is 41.9 Å². The number of hydrogen-bond donors (Lipinski definition) is 0. The van der Waals surface area contributed by atoms with Crippen LogP contribution in [0.25, 0.3) is 0 Å². The van der Waals surface area contributed by atoms with Crippen LogP contribution in [0.15, 0.2) is 55.6 Å². The van der Waals surface area contributed by atoms with Crippen molar-refractivity contribution >= 4 is 23.0 Å². The van der Waals surface area contributed by atoms with Crippen molar-refractivity contribution in [1.82, 2.24) is 9.80 Å². The Labute approximate surface area is 144 Å². The quantitative estimate of drug-likeness (QED) is 0.788. The molecular formula is C17H20N4O2S. The number of hydrogen-bond acceptors (Lipinski definition) is 5. The van der Waals surface area contributed by atoms with Gasteiger partial charge in [-0.05, 0) is 25.0 Å². The molecule has 3 aliphatic heterocycles. The highest BCUT2D eigenvalue weighted by Crippen LogP contribution is 2.29. The second-order valence-electron chi connectivity index (χ2n) is 5.94. The summed E-state index contributed by atoms with van der Waals surface area (Å²) in [5, 5.41) is 0. The van der Waals surface area contributed by atoms with E-state index in [0.29, 0.717) is 0 Å². The van der Waals surface area contributed by atoms with Crippen LogP contribution >= 0.6 is 0 Å². The van der Waals surface area contributed by atoms with Crippen molar-refractivity contribution in [2.75, 3.05) is 32.8 Å². The van der Waals surface area contributed by atoms with Gasteiger partial charge in [0.25, 0.3) is 0 Å². The van der Waals surface area contributed by atoms with Gasteiger partial charge in [-0.1, -0.05) is 18.2 Å². The third-order valence-electron chi connectivity index (χ3n) is 4.36. The zero-order chi connectivity index (χ0) is 16.4. The number of fused-ring (bicyclic) bond motifs is 1. The average Bonchev–Trinajstić information content (AvgIpc) is 2.68. The molecule has 1 atom stereocenters. The summed E-state index contributed by atoms with van der Waals surface area (Å²) in [5.41, 5.74) is 1.04. The zero-order valence-corrected chi connectivity index (χ0v) is 14.2. The Hall–Kier alpha value is -2.15. The van der Waals surface area contributed by atoms with E-state index in [0.717, 1.165) is 74.2 Å². The molecule has 7 heteroatoms. The molecule has 2 fully saturated rings. The smallest absolute Gasteiger partial charge is 0.209 e. The molecule has 0 N–H and O–H groups in total. The third kappa shape index (κ3) is 2.96. The van der Waals surface area contributed by atoms with E-state index in [1.807, 2.05) is 18.2 Å². The van der Waals surface area contributed by atoms with Crippen LogP contribution in [-0.2, 0) is 20.4 Å². The van der Waals surface area contributed by atoms with Crippen molar-refractivity contribution in [3.63, 3.8) is 0 Å². The van der Waals surface area contributed by atoms with E-state index in [1.165, 1.54) is 0 Å². The highest BCUT2D eigenvalue weighted by molar-refractivity contribution is 7.86. The van der Waals surface area contributed by atoms with Crippen molar-refractivity contribution in [2.24, 2.45) is 8.76 Å². The Kier molecular flexibility index (Phi) is 4.34. The van der Waals surface area contributed by atoms with Gasteiger partial charge in [-0.25, -0.2) is 4.40 Å². The predicted octanol–water partition coefficient (Wildman–Crippen LogP) is 1.97. The van der Waals surface area contributed by atoms with Gasteiger partial charge in [0.2, 0.25) is 6.41 Å². The molecule has 0 bridgehead atoms. The van der Waals surface area contributed by atoms with E-state index < -0.39 is 10.9 Å². The number of carbonyl (C=O) groups is 1. The average molecular weight is 344 g/mol. The largest absolute Gasteiger partial charge is 0.488 e. The van der Waals surface area contributed by atoms with Gasteiger partial charge in [0.1, 0.15) is 0 Å². The maximum absolute atomic E-state index is 10.9. The molecule has 0 aromatic heterocycles. The van der Waals surface area contributed by atoms with Crippen molar-refractivity contribution < 1.29 is 9.53 Å². The van der Waals surface area contributed by atoms with Crippen LogP contribution in [0.4, 0.5) is 0 Å². The monoisotopic (exact) mass is 344 g/mol. The minimum Gasteiger partial charge on any atom is -0.488 e. The first-order chi connectivity index (χ1) is 11.8. The normalized spacial score (nSPS) is 23.8. The molecule has 1 unspecified atom stereocenters. The second kappa shape index (κ2) is 6.76. The lowest BCUT2D eigenvalue weighted by Crippen LogP contribution is -2.45. The molecule has 3 aliphatic rings. The van der Waals surface area contributed by atoms with Gasteiger partial charge in [0.05, 0.1) is 23.2 Å². The van der Waals surface area contributed by atoms with Crippen LogP contribution in [0, 0.1) is 0 Å². The molecule has 0 aliphatic carbocycles. The molecule has 24 heavy (non-hydrogen) atoms. The van der Waals surface area contributed by atoms with Gasteiger partial charge in [-0.3, -0.25) is 4.79 Å². The van der Waals surface area contributed by atoms with Gasteiger partial charge >= 0.3 is 0 Å². The number of allylic oxidation sites excluding steroid dienone is 1. The van der Waals surface area contributed by atoms with Crippen LogP contribution < -0.4 is 0 Å². The van der Waals surface area contributed by atoms with Gasteiger partial charge < -0.3 is 14.5 Å². The molecular weight excluding hydrogens is 324 g/mol. The van der Waals surface area contributed by atoms with E-state index in [-0.39, 0.29) is 0 Å². The van der Waals surface area contributed by atoms with Gasteiger partial charge in [0.15, 0.2) is 11.6 Å². The molecule has 6 nitrogen and oxygen atoms in total. The number of piperazine rings is 1. The molecule has 0 saturated carbocycles. The van der Waals surface area contributed by atoms with Crippen molar-refractivity contribution in [2.45, 2.75) is 17.7 Å². The molecule has 1 aromatic rings. The maximum Gasteiger partial charge on any atom is 0.209 e. The van der Waals surface area contributed by atoms with Gasteiger partial charge in [0, 0.05) is 31.1 Å². The number of benzene rings is 1. The van der Waals surface area contributed by atoms with E-state index in [4.69, 9.17) is 13.5 Å². The minimum atomic E-state index is -0.518. The van der Waals surface area contributed by atoms with Crippen LogP contribution in [0.2, 0.25) is 0 Å². The van der Waals surface area contributed by atoms with Gasteiger partial charge in [-0.2, -0.15) is 4.36 Å². The van der Waals surface area contributed by atoms with Crippen molar-refractivity contribution in [3.8, 4) is 0 Å². The highest BCUT2D eigenvalue weighted by atomic mass is 32.2. The fourth-order valence-electron chi connectivity index (χ4n) is 3.03. The number of amides is 1. The van der Waals surface area contributed by atoms with Crippen LogP contribution in [0.3, 0.4) is 0 Å². The molecule has 1 aromatic carbocycles. The number of rotatable bonds is 3. The zero-order valence-electron chi connectivity index (χ0n) is 13.4. The van der Waals surface area contributed by atoms with Crippen LogP contribution in [0.1, 0.15) is 12.8 Å². The summed E-state index contributed by atoms with van der Waals surface area (Å²) in [6, 6.07) is 10.2. The number of ether oxygens (including phenoxy) is 1. The topological polar surface area (TPSA) is 57.5 Å². The molecule has 2 saturated heterocycles. The minimum absolute atomic E-state index is 0.518. The van der Waals surface area contributed by atoms with E-state index in [1.54, 1.807) is 4.90 Å². The lowest BCUT2D eigenvalue weighted by Gasteiger charge is -2.36. The first kappa shape index (κ1) is 15.4. The molecule has 0 spiro atoms. The molecule has 1 amide bonds. The Morgan fingerprint density at radius 2 is 1.92 bits per heavy atom. The second-order valence-corrected chi connectivity index (χ2v) is 7.30. The fourth-order valence-corrected chi connectivity index (χ4v) is 4.42. The predicted molar refractivity (Wildman–Crippen MR) is 93.4 cm³/mol. The Morgan fingerprint density at radius 3 is 2.67 bits per heavy atom. The van der Waals surface area contributed by atoms with Gasteiger partial charge in [-0.15, -0.1) is 0 Å². The van der Waals surface area contributed by atoms with Crippen LogP contribution in [-0.4, -0.2) is 54.7 Å². The molecule has 4 rings (SSSR count). The Morgan fingerprint density at radius 1 is 1.12 bits per heavy atom. The lowest BCUT2D eigenvalue weighted by molar-refractivity contribution is -0.119. The summed E-state index contributed by atoms with van der Waals surface area (Å²) in [5.74, 6) is 1.76. The molecule has 3 heterocycles. The SMILES string of the molecule is O=CN1CCN(C2=C3OCCCC3=NS(c3ccccc3)=N2)CC1. The van der Waals surface area contributed by atoms with E-state index >= 15 is 0 Å². The number of carbonyl (C=O) groups excluding carboxylic acids is 1. The maximum atomic E-state index is 10.9. The summed E-state index contributed by atoms with van der Waals surface area (Å²) in [6.07, 6.45) is 2.87. The Balaban J connectivity index is 1.69. The summed E-state index contributed by atoms with van der Waals surface area (Å²) in [6.45, 7) is 3.73. The van der Waals surface area contributed by atoms with E-state index in [9.17, 15) is 4.79 Å². The lowest BCUT2D eigenvalue weighted by atomic mass is 10.1. The third-order valence-corrected chi connectivity index (χ3v) is 5.79. The van der Waals surface area contributed by atoms with Crippen LogP contribution in [0.5, 0.6) is 0 Å². The molecule has 126 valence electrons. The first-order valence-corrected chi connectivity index (χ1v) is 9.39. The fraction of sp³-hybridized carbons (Fsp3) is 0.412. The van der Waals surface area contributed by atoms with Crippen molar-refractivity contribution in [1.29, 1.82) is 0 Å². The summed E-state index contributed by atoms with van der Waals surface area (Å²) in [4.78, 5) is 16.1. The standard InChI is InChI=1S/C17H20N4O2S/c22-13-20-8-10-21(11-9-20)17-16-15(7-4-12-23-16)18-24(19-17)14-5-2-1-3-6-14/h1-3,5-6,13H,4,7-12H2. The Bertz CT molecular complexity index is 721. The summed E-state index contributed by atoms with van der Waals surface area (Å²) in [7, 11) is -0.518. The molecule has 0 radical (unpaired) electrons. The first-order valence-electron chi connectivity index (χ1n) is 8.26.